The molecule has 2 nitrogen and oxygen atoms in total. The van der Waals surface area contributed by atoms with Gasteiger partial charge in [-0.3, -0.25) is 0 Å². The van der Waals surface area contributed by atoms with Crippen molar-refractivity contribution in [2.75, 3.05) is 0 Å². The van der Waals surface area contributed by atoms with Gasteiger partial charge in [0.1, 0.15) is 0 Å². The van der Waals surface area contributed by atoms with E-state index in [0.717, 1.165) is 19.3 Å². The standard InChI is InChI=1S/C7H15IN2/c1-2-4-7(9)5-3-6-10-8/h6-7H,2-5,9H2,1H3/t7-/m0/s1. The van der Waals surface area contributed by atoms with E-state index in [4.69, 9.17) is 5.73 Å². The topological polar surface area (TPSA) is 38.4 Å². The Morgan fingerprint density at radius 2 is 2.30 bits per heavy atom. The fraction of sp³-hybridized carbons (Fsp3) is 0.857. The van der Waals surface area contributed by atoms with Crippen molar-refractivity contribution >= 4 is 29.1 Å². The average Bonchev–Trinajstić information content (AvgIpc) is 1.89. The number of nitrogens with two attached hydrogens (primary N) is 1. The van der Waals surface area contributed by atoms with Crippen LogP contribution in [0.1, 0.15) is 32.6 Å². The quantitative estimate of drug-likeness (QED) is 0.593. The molecule has 0 aliphatic heterocycles. The van der Waals surface area contributed by atoms with E-state index in [9.17, 15) is 0 Å². The van der Waals surface area contributed by atoms with E-state index in [0.29, 0.717) is 6.04 Å². The van der Waals surface area contributed by atoms with Crippen molar-refractivity contribution in [3.05, 3.63) is 0 Å². The minimum Gasteiger partial charge on any atom is -0.328 e. The predicted molar refractivity (Wildman–Crippen MR) is 54.6 cm³/mol. The normalized spacial score (nSPS) is 14.3. The molecule has 0 heterocycles. The van der Waals surface area contributed by atoms with Crippen molar-refractivity contribution in [1.82, 2.24) is 0 Å². The molecule has 0 radical (unpaired) electrons. The number of rotatable bonds is 5. The first-order valence-electron chi connectivity index (χ1n) is 3.69. The largest absolute Gasteiger partial charge is 0.328 e. The Morgan fingerprint density at radius 3 is 2.80 bits per heavy atom. The lowest BCUT2D eigenvalue weighted by Gasteiger charge is -2.06. The first kappa shape index (κ1) is 10.4. The summed E-state index contributed by atoms with van der Waals surface area (Å²) in [4.78, 5) is 0. The summed E-state index contributed by atoms with van der Waals surface area (Å²) in [5, 5.41) is 0. The van der Waals surface area contributed by atoms with E-state index < -0.39 is 0 Å². The number of nitrogens with zero attached hydrogens (tertiary/aromatic N) is 1. The van der Waals surface area contributed by atoms with E-state index >= 15 is 0 Å². The lowest BCUT2D eigenvalue weighted by molar-refractivity contribution is 0.574. The van der Waals surface area contributed by atoms with Gasteiger partial charge in [-0.1, -0.05) is 13.3 Å². The molecule has 0 aromatic heterocycles. The maximum Gasteiger partial charge on any atom is 0.0827 e. The SMILES string of the molecule is CCC[C@H](N)CCC=NI. The van der Waals surface area contributed by atoms with E-state index in [1.807, 2.05) is 29.1 Å². The molecular formula is C7H15IN2. The minimum absolute atomic E-state index is 0.374. The van der Waals surface area contributed by atoms with Gasteiger partial charge in [-0.05, 0) is 19.3 Å². The van der Waals surface area contributed by atoms with E-state index in [1.165, 1.54) is 6.42 Å². The molecule has 0 fully saturated rings. The lowest BCUT2D eigenvalue weighted by atomic mass is 10.1. The van der Waals surface area contributed by atoms with Gasteiger partial charge >= 0.3 is 0 Å². The van der Waals surface area contributed by atoms with Gasteiger partial charge < -0.3 is 5.73 Å². The second-order valence-electron chi connectivity index (χ2n) is 2.41. The molecule has 1 atom stereocenters. The second-order valence-corrected chi connectivity index (χ2v) is 2.96. The molecule has 0 saturated carbocycles. The van der Waals surface area contributed by atoms with Crippen molar-refractivity contribution in [3.63, 3.8) is 0 Å². The van der Waals surface area contributed by atoms with Crippen molar-refractivity contribution < 1.29 is 0 Å². The first-order chi connectivity index (χ1) is 4.81. The Bertz CT molecular complexity index is 93.6. The third kappa shape index (κ3) is 6.48. The van der Waals surface area contributed by atoms with Crippen LogP contribution in [0.25, 0.3) is 0 Å². The van der Waals surface area contributed by atoms with Crippen molar-refractivity contribution in [2.45, 2.75) is 38.6 Å². The molecule has 10 heavy (non-hydrogen) atoms. The summed E-state index contributed by atoms with van der Waals surface area (Å²) in [6.45, 7) is 2.16. The third-order valence-electron chi connectivity index (χ3n) is 1.40. The van der Waals surface area contributed by atoms with Crippen LogP contribution in [0.5, 0.6) is 0 Å². The van der Waals surface area contributed by atoms with Crippen LogP contribution in [0.15, 0.2) is 3.21 Å². The summed E-state index contributed by atoms with van der Waals surface area (Å²) in [5.41, 5.74) is 5.76. The molecule has 60 valence electrons. The molecule has 0 saturated heterocycles. The molecule has 0 aromatic rings. The minimum atomic E-state index is 0.374. The Labute approximate surface area is 76.8 Å². The van der Waals surface area contributed by atoms with Crippen LogP contribution in [-0.2, 0) is 0 Å². The summed E-state index contributed by atoms with van der Waals surface area (Å²) < 4.78 is 3.86. The highest BCUT2D eigenvalue weighted by molar-refractivity contribution is 14.1. The summed E-state index contributed by atoms with van der Waals surface area (Å²) in [6, 6.07) is 0.374. The summed E-state index contributed by atoms with van der Waals surface area (Å²) in [7, 11) is 0. The summed E-state index contributed by atoms with van der Waals surface area (Å²) in [6.07, 6.45) is 6.32. The van der Waals surface area contributed by atoms with E-state index in [1.54, 1.807) is 0 Å². The van der Waals surface area contributed by atoms with Gasteiger partial charge in [0.2, 0.25) is 0 Å². The second kappa shape index (κ2) is 7.47. The highest BCUT2D eigenvalue weighted by Crippen LogP contribution is 2.00. The zero-order valence-corrected chi connectivity index (χ0v) is 8.54. The number of halogens is 1. The van der Waals surface area contributed by atoms with Gasteiger partial charge in [0.05, 0.1) is 22.9 Å². The smallest absolute Gasteiger partial charge is 0.0827 e. The van der Waals surface area contributed by atoms with Crippen LogP contribution in [0.4, 0.5) is 0 Å². The Hall–Kier alpha value is 0.360. The van der Waals surface area contributed by atoms with Gasteiger partial charge in [0.15, 0.2) is 0 Å². The molecule has 0 rings (SSSR count). The molecular weight excluding hydrogens is 239 g/mol. The maximum atomic E-state index is 5.76. The van der Waals surface area contributed by atoms with Crippen LogP contribution in [0, 0.1) is 0 Å². The van der Waals surface area contributed by atoms with Crippen LogP contribution in [-0.4, -0.2) is 12.3 Å². The van der Waals surface area contributed by atoms with Gasteiger partial charge in [0.25, 0.3) is 0 Å². The van der Waals surface area contributed by atoms with Crippen LogP contribution < -0.4 is 5.73 Å². The van der Waals surface area contributed by atoms with Crippen molar-refractivity contribution in [1.29, 1.82) is 0 Å². The lowest BCUT2D eigenvalue weighted by Crippen LogP contribution is -2.19. The summed E-state index contributed by atoms with van der Waals surface area (Å²) in [5.74, 6) is 0. The van der Waals surface area contributed by atoms with E-state index in [-0.39, 0.29) is 0 Å². The van der Waals surface area contributed by atoms with Crippen molar-refractivity contribution in [3.8, 4) is 0 Å². The van der Waals surface area contributed by atoms with Gasteiger partial charge in [-0.25, -0.2) is 3.21 Å². The molecule has 0 amide bonds. The summed E-state index contributed by atoms with van der Waals surface area (Å²) >= 11 is 1.98. The molecule has 0 spiro atoms. The fourth-order valence-corrected chi connectivity index (χ4v) is 1.13. The van der Waals surface area contributed by atoms with Gasteiger partial charge in [0, 0.05) is 12.3 Å². The molecule has 3 heteroatoms. The monoisotopic (exact) mass is 254 g/mol. The number of hydrogen-bond acceptors (Lipinski definition) is 2. The highest BCUT2D eigenvalue weighted by Gasteiger charge is 1.97. The third-order valence-corrected chi connectivity index (χ3v) is 1.79. The maximum absolute atomic E-state index is 5.76. The molecule has 0 aliphatic rings. The highest BCUT2D eigenvalue weighted by atomic mass is 127. The van der Waals surface area contributed by atoms with Crippen molar-refractivity contribution in [2.24, 2.45) is 8.94 Å². The number of hydrogen-bond donors (Lipinski definition) is 1. The van der Waals surface area contributed by atoms with Gasteiger partial charge in [-0.2, -0.15) is 0 Å². The zero-order chi connectivity index (χ0) is 7.82. The molecule has 0 bridgehead atoms. The van der Waals surface area contributed by atoms with Gasteiger partial charge in [-0.15, -0.1) is 0 Å². The van der Waals surface area contributed by atoms with Crippen LogP contribution in [0.2, 0.25) is 0 Å². The van der Waals surface area contributed by atoms with E-state index in [2.05, 4.69) is 10.1 Å². The Balaban J connectivity index is 3.12. The van der Waals surface area contributed by atoms with Crippen LogP contribution >= 0.6 is 22.9 Å². The average molecular weight is 254 g/mol. The first-order valence-corrected chi connectivity index (χ1v) is 4.66. The Kier molecular flexibility index (Phi) is 7.74. The molecule has 0 aromatic carbocycles. The predicted octanol–water partition coefficient (Wildman–Crippen LogP) is 2.31. The molecule has 2 N–H and O–H groups in total. The van der Waals surface area contributed by atoms with Crippen LogP contribution in [0.3, 0.4) is 0 Å². The molecule has 0 aliphatic carbocycles. The Morgan fingerprint density at radius 1 is 1.60 bits per heavy atom. The fourth-order valence-electron chi connectivity index (χ4n) is 0.853. The zero-order valence-electron chi connectivity index (χ0n) is 6.39. The molecule has 0 unspecified atom stereocenters.